The molecule has 1 atom stereocenters. The summed E-state index contributed by atoms with van der Waals surface area (Å²) in [5.41, 5.74) is 1.05. The van der Waals surface area contributed by atoms with Crippen LogP contribution in [0.25, 0.3) is 0 Å². The van der Waals surface area contributed by atoms with E-state index in [9.17, 15) is 4.79 Å². The van der Waals surface area contributed by atoms with Gasteiger partial charge in [0, 0.05) is 6.54 Å². The average Bonchev–Trinajstić information content (AvgIpc) is 2.47. The van der Waals surface area contributed by atoms with Gasteiger partial charge in [0.25, 0.3) is 0 Å². The van der Waals surface area contributed by atoms with Crippen LogP contribution < -0.4 is 5.32 Å². The first-order valence-electron chi connectivity index (χ1n) is 6.42. The molecule has 1 N–H and O–H groups in total. The minimum absolute atomic E-state index is 0.0492. The van der Waals surface area contributed by atoms with E-state index >= 15 is 0 Å². The third-order valence-electron chi connectivity index (χ3n) is 2.76. The van der Waals surface area contributed by atoms with E-state index in [1.165, 1.54) is 0 Å². The van der Waals surface area contributed by atoms with Gasteiger partial charge >= 0.3 is 0 Å². The van der Waals surface area contributed by atoms with E-state index in [1.54, 1.807) is 0 Å². The van der Waals surface area contributed by atoms with Gasteiger partial charge in [0.1, 0.15) is 6.61 Å². The summed E-state index contributed by atoms with van der Waals surface area (Å²) in [6, 6.07) is 9.76. The normalized spacial score (nSPS) is 19.1. The average molecular weight is 265 g/mol. The number of amides is 1. The van der Waals surface area contributed by atoms with Crippen molar-refractivity contribution in [2.24, 2.45) is 0 Å². The third kappa shape index (κ3) is 5.38. The zero-order valence-corrected chi connectivity index (χ0v) is 10.8. The lowest BCUT2D eigenvalue weighted by atomic mass is 10.2. The van der Waals surface area contributed by atoms with Gasteiger partial charge in [0.05, 0.1) is 32.5 Å². The van der Waals surface area contributed by atoms with Crippen LogP contribution in [0.1, 0.15) is 5.56 Å². The van der Waals surface area contributed by atoms with Gasteiger partial charge in [0.2, 0.25) is 5.91 Å². The van der Waals surface area contributed by atoms with Crippen LogP contribution in [-0.2, 0) is 25.6 Å². The number of carbonyl (C=O) groups excluding carboxylic acids is 1. The molecule has 1 fully saturated rings. The fourth-order valence-electron chi connectivity index (χ4n) is 1.77. The molecular formula is C14H19NO4. The standard InChI is InChI=1S/C14H19NO4/c16-14(15-8-13-10-17-6-7-19-13)11-18-9-12-4-2-1-3-5-12/h1-5,13H,6-11H2,(H,15,16). The quantitative estimate of drug-likeness (QED) is 0.824. The fourth-order valence-corrected chi connectivity index (χ4v) is 1.77. The molecule has 0 saturated carbocycles. The molecule has 104 valence electrons. The highest BCUT2D eigenvalue weighted by atomic mass is 16.6. The first-order valence-corrected chi connectivity index (χ1v) is 6.42. The number of hydrogen-bond donors (Lipinski definition) is 1. The Morgan fingerprint density at radius 3 is 2.89 bits per heavy atom. The highest BCUT2D eigenvalue weighted by Crippen LogP contribution is 2.01. The molecule has 2 rings (SSSR count). The number of carbonyl (C=O) groups is 1. The van der Waals surface area contributed by atoms with Crippen LogP contribution >= 0.6 is 0 Å². The molecule has 19 heavy (non-hydrogen) atoms. The van der Waals surface area contributed by atoms with Crippen molar-refractivity contribution in [3.05, 3.63) is 35.9 Å². The van der Waals surface area contributed by atoms with Crippen LogP contribution in [0.15, 0.2) is 30.3 Å². The number of benzene rings is 1. The molecule has 1 unspecified atom stereocenters. The Bertz CT molecular complexity index is 376. The second-order valence-corrected chi connectivity index (χ2v) is 4.35. The van der Waals surface area contributed by atoms with Crippen LogP contribution in [0.2, 0.25) is 0 Å². The molecule has 5 nitrogen and oxygen atoms in total. The summed E-state index contributed by atoms with van der Waals surface area (Å²) in [5.74, 6) is -0.134. The molecule has 1 saturated heterocycles. The van der Waals surface area contributed by atoms with Gasteiger partial charge in [-0.1, -0.05) is 30.3 Å². The monoisotopic (exact) mass is 265 g/mol. The maximum Gasteiger partial charge on any atom is 0.246 e. The van der Waals surface area contributed by atoms with Crippen molar-refractivity contribution in [1.82, 2.24) is 5.32 Å². The number of hydrogen-bond acceptors (Lipinski definition) is 4. The first-order chi connectivity index (χ1) is 9.34. The summed E-state index contributed by atoms with van der Waals surface area (Å²) >= 11 is 0. The molecule has 1 heterocycles. The number of nitrogens with one attached hydrogen (secondary N) is 1. The van der Waals surface area contributed by atoms with Gasteiger partial charge in [-0.3, -0.25) is 4.79 Å². The molecule has 0 aliphatic carbocycles. The molecule has 0 radical (unpaired) electrons. The third-order valence-corrected chi connectivity index (χ3v) is 2.76. The molecule has 1 aliphatic heterocycles. The van der Waals surface area contributed by atoms with Gasteiger partial charge in [-0.2, -0.15) is 0 Å². The minimum atomic E-state index is -0.134. The van der Waals surface area contributed by atoms with Gasteiger partial charge in [-0.15, -0.1) is 0 Å². The lowest BCUT2D eigenvalue weighted by molar-refractivity contribution is -0.128. The van der Waals surface area contributed by atoms with Crippen molar-refractivity contribution >= 4 is 5.91 Å². The smallest absolute Gasteiger partial charge is 0.246 e. The lowest BCUT2D eigenvalue weighted by Gasteiger charge is -2.23. The predicted octanol–water partition coefficient (Wildman–Crippen LogP) is 0.735. The van der Waals surface area contributed by atoms with E-state index in [-0.39, 0.29) is 18.6 Å². The Balaban J connectivity index is 1.57. The predicted molar refractivity (Wildman–Crippen MR) is 69.7 cm³/mol. The van der Waals surface area contributed by atoms with E-state index in [0.717, 1.165) is 5.56 Å². The molecule has 1 amide bonds. The van der Waals surface area contributed by atoms with Crippen molar-refractivity contribution in [2.45, 2.75) is 12.7 Å². The van der Waals surface area contributed by atoms with Crippen LogP contribution in [0.5, 0.6) is 0 Å². The number of ether oxygens (including phenoxy) is 3. The van der Waals surface area contributed by atoms with Crippen LogP contribution in [0.4, 0.5) is 0 Å². The molecule has 1 aliphatic rings. The molecule has 1 aromatic rings. The zero-order valence-electron chi connectivity index (χ0n) is 10.8. The lowest BCUT2D eigenvalue weighted by Crippen LogP contribution is -2.40. The zero-order chi connectivity index (χ0) is 13.3. The molecular weight excluding hydrogens is 246 g/mol. The second kappa shape index (κ2) is 7.89. The highest BCUT2D eigenvalue weighted by molar-refractivity contribution is 5.77. The Labute approximate surface area is 112 Å². The highest BCUT2D eigenvalue weighted by Gasteiger charge is 2.14. The van der Waals surface area contributed by atoms with Crippen molar-refractivity contribution in [1.29, 1.82) is 0 Å². The molecule has 1 aromatic carbocycles. The second-order valence-electron chi connectivity index (χ2n) is 4.35. The fraction of sp³-hybridized carbons (Fsp3) is 0.500. The van der Waals surface area contributed by atoms with Crippen molar-refractivity contribution in [3.63, 3.8) is 0 Å². The topological polar surface area (TPSA) is 56.8 Å². The van der Waals surface area contributed by atoms with E-state index in [2.05, 4.69) is 5.32 Å². The Hall–Kier alpha value is -1.43. The summed E-state index contributed by atoms with van der Waals surface area (Å²) in [5, 5.41) is 2.77. The summed E-state index contributed by atoms with van der Waals surface area (Å²) in [4.78, 5) is 11.5. The molecule has 5 heteroatoms. The first kappa shape index (κ1) is 14.0. The number of rotatable bonds is 6. The minimum Gasteiger partial charge on any atom is -0.376 e. The molecule has 0 bridgehead atoms. The molecule has 0 spiro atoms. The van der Waals surface area contributed by atoms with E-state index in [0.29, 0.717) is 33.0 Å². The van der Waals surface area contributed by atoms with Crippen molar-refractivity contribution in [3.8, 4) is 0 Å². The van der Waals surface area contributed by atoms with E-state index in [4.69, 9.17) is 14.2 Å². The van der Waals surface area contributed by atoms with Gasteiger partial charge in [0.15, 0.2) is 0 Å². The Morgan fingerprint density at radius 1 is 1.32 bits per heavy atom. The van der Waals surface area contributed by atoms with Crippen molar-refractivity contribution < 1.29 is 19.0 Å². The van der Waals surface area contributed by atoms with E-state index in [1.807, 2.05) is 30.3 Å². The Morgan fingerprint density at radius 2 is 2.16 bits per heavy atom. The van der Waals surface area contributed by atoms with Crippen LogP contribution in [0, 0.1) is 0 Å². The maximum absolute atomic E-state index is 11.5. The Kier molecular flexibility index (Phi) is 5.81. The van der Waals surface area contributed by atoms with Crippen LogP contribution in [-0.4, -0.2) is 45.0 Å². The van der Waals surface area contributed by atoms with Gasteiger partial charge in [-0.05, 0) is 5.56 Å². The summed E-state index contributed by atoms with van der Waals surface area (Å²) in [6.45, 7) is 2.72. The largest absolute Gasteiger partial charge is 0.376 e. The summed E-state index contributed by atoms with van der Waals surface area (Å²) < 4.78 is 16.0. The van der Waals surface area contributed by atoms with Gasteiger partial charge in [-0.25, -0.2) is 0 Å². The SMILES string of the molecule is O=C(COCc1ccccc1)NCC1COCCO1. The molecule has 0 aromatic heterocycles. The van der Waals surface area contributed by atoms with Gasteiger partial charge < -0.3 is 19.5 Å². The van der Waals surface area contributed by atoms with Crippen molar-refractivity contribution in [2.75, 3.05) is 33.0 Å². The van der Waals surface area contributed by atoms with Crippen LogP contribution in [0.3, 0.4) is 0 Å². The van der Waals surface area contributed by atoms with E-state index < -0.39 is 0 Å². The summed E-state index contributed by atoms with van der Waals surface area (Å²) in [7, 11) is 0. The summed E-state index contributed by atoms with van der Waals surface area (Å²) in [6.07, 6.45) is -0.0492. The maximum atomic E-state index is 11.5.